The Balaban J connectivity index is 2.44. The Kier molecular flexibility index (Phi) is 1.68. The topological polar surface area (TPSA) is 38.8 Å². The first-order valence-electron chi connectivity index (χ1n) is 3.39. The maximum atomic E-state index is 10.8. The highest BCUT2D eigenvalue weighted by atomic mass is 16.6. The largest absolute Gasteiger partial charge is 0.467 e. The van der Waals surface area contributed by atoms with Crippen molar-refractivity contribution < 1.29 is 14.3 Å². The molecule has 10 heavy (non-hydrogen) atoms. The quantitative estimate of drug-likeness (QED) is 0.423. The lowest BCUT2D eigenvalue weighted by Crippen LogP contribution is -2.17. The molecule has 0 bridgehead atoms. The standard InChI is InChI=1S/C7H12O3/c1-4-7(2)5(10-7)6(8)9-3/h5H,4H2,1-3H3/t5-,7-/m1/s1. The second-order valence-corrected chi connectivity index (χ2v) is 2.69. The summed E-state index contributed by atoms with van der Waals surface area (Å²) in [6.45, 7) is 3.90. The lowest BCUT2D eigenvalue weighted by atomic mass is 10.1. The third-order valence-electron chi connectivity index (χ3n) is 2.00. The molecule has 0 aromatic heterocycles. The van der Waals surface area contributed by atoms with Crippen LogP contribution in [0.1, 0.15) is 20.3 Å². The van der Waals surface area contributed by atoms with E-state index >= 15 is 0 Å². The van der Waals surface area contributed by atoms with Crippen LogP contribution in [0, 0.1) is 0 Å². The molecule has 1 fully saturated rings. The Labute approximate surface area is 60.3 Å². The molecule has 0 aliphatic carbocycles. The fourth-order valence-corrected chi connectivity index (χ4v) is 0.908. The maximum absolute atomic E-state index is 10.8. The normalized spacial score (nSPS) is 37.3. The van der Waals surface area contributed by atoms with E-state index in [1.54, 1.807) is 0 Å². The van der Waals surface area contributed by atoms with Gasteiger partial charge in [0.2, 0.25) is 0 Å². The van der Waals surface area contributed by atoms with Crippen LogP contribution in [-0.2, 0) is 14.3 Å². The van der Waals surface area contributed by atoms with Gasteiger partial charge in [0.25, 0.3) is 0 Å². The van der Waals surface area contributed by atoms with Gasteiger partial charge >= 0.3 is 5.97 Å². The molecular weight excluding hydrogens is 132 g/mol. The summed E-state index contributed by atoms with van der Waals surface area (Å²) in [7, 11) is 1.38. The minimum Gasteiger partial charge on any atom is -0.467 e. The Morgan fingerprint density at radius 2 is 2.40 bits per heavy atom. The average Bonchev–Trinajstić information content (AvgIpc) is 2.62. The fourth-order valence-electron chi connectivity index (χ4n) is 0.908. The Morgan fingerprint density at radius 3 is 2.70 bits per heavy atom. The number of ether oxygens (including phenoxy) is 2. The molecule has 0 radical (unpaired) electrons. The first-order chi connectivity index (χ1) is 4.64. The monoisotopic (exact) mass is 144 g/mol. The summed E-state index contributed by atoms with van der Waals surface area (Å²) in [6, 6.07) is 0. The molecule has 1 saturated heterocycles. The van der Waals surface area contributed by atoms with Crippen LogP contribution in [0.4, 0.5) is 0 Å². The Hall–Kier alpha value is -0.570. The van der Waals surface area contributed by atoms with E-state index in [1.807, 2.05) is 13.8 Å². The van der Waals surface area contributed by atoms with E-state index in [1.165, 1.54) is 7.11 Å². The van der Waals surface area contributed by atoms with E-state index in [-0.39, 0.29) is 17.7 Å². The smallest absolute Gasteiger partial charge is 0.338 e. The number of methoxy groups -OCH3 is 1. The summed E-state index contributed by atoms with van der Waals surface area (Å²) >= 11 is 0. The van der Waals surface area contributed by atoms with Gasteiger partial charge in [-0.1, -0.05) is 6.92 Å². The summed E-state index contributed by atoms with van der Waals surface area (Å²) in [4.78, 5) is 10.8. The molecule has 0 spiro atoms. The van der Waals surface area contributed by atoms with Gasteiger partial charge in [-0.3, -0.25) is 0 Å². The second kappa shape index (κ2) is 2.23. The zero-order chi connectivity index (χ0) is 7.78. The van der Waals surface area contributed by atoms with Gasteiger partial charge < -0.3 is 9.47 Å². The van der Waals surface area contributed by atoms with Crippen molar-refractivity contribution in [2.45, 2.75) is 32.0 Å². The number of rotatable bonds is 2. The van der Waals surface area contributed by atoms with Crippen LogP contribution in [0.5, 0.6) is 0 Å². The summed E-state index contributed by atoms with van der Waals surface area (Å²) in [5, 5.41) is 0. The first kappa shape index (κ1) is 7.54. The van der Waals surface area contributed by atoms with Crippen molar-refractivity contribution in [3.05, 3.63) is 0 Å². The second-order valence-electron chi connectivity index (χ2n) is 2.69. The third-order valence-corrected chi connectivity index (χ3v) is 2.00. The molecule has 1 rings (SSSR count). The number of epoxide rings is 1. The van der Waals surface area contributed by atoms with Crippen LogP contribution >= 0.6 is 0 Å². The van der Waals surface area contributed by atoms with Gasteiger partial charge in [0.05, 0.1) is 7.11 Å². The van der Waals surface area contributed by atoms with Crippen LogP contribution in [0.25, 0.3) is 0 Å². The lowest BCUT2D eigenvalue weighted by Gasteiger charge is -1.98. The molecule has 1 heterocycles. The summed E-state index contributed by atoms with van der Waals surface area (Å²) in [5.41, 5.74) is -0.243. The molecule has 1 aliphatic rings. The summed E-state index contributed by atoms with van der Waals surface area (Å²) < 4.78 is 9.64. The molecular formula is C7H12O3. The molecule has 1 aliphatic heterocycles. The molecule has 0 amide bonds. The van der Waals surface area contributed by atoms with E-state index in [4.69, 9.17) is 4.74 Å². The minimum atomic E-state index is -0.317. The molecule has 58 valence electrons. The van der Waals surface area contributed by atoms with Gasteiger partial charge in [-0.2, -0.15) is 0 Å². The first-order valence-corrected chi connectivity index (χ1v) is 3.39. The van der Waals surface area contributed by atoms with E-state index in [0.717, 1.165) is 6.42 Å². The zero-order valence-electron chi connectivity index (χ0n) is 6.51. The molecule has 3 heteroatoms. The molecule has 0 aromatic rings. The lowest BCUT2D eigenvalue weighted by molar-refractivity contribution is -0.142. The van der Waals surface area contributed by atoms with Crippen LogP contribution in [0.3, 0.4) is 0 Å². The van der Waals surface area contributed by atoms with Crippen LogP contribution < -0.4 is 0 Å². The third kappa shape index (κ3) is 1.01. The van der Waals surface area contributed by atoms with Gasteiger partial charge in [0, 0.05) is 0 Å². The van der Waals surface area contributed by atoms with Gasteiger partial charge in [-0.25, -0.2) is 4.79 Å². The van der Waals surface area contributed by atoms with Gasteiger partial charge in [-0.05, 0) is 13.3 Å². The van der Waals surface area contributed by atoms with Gasteiger partial charge in [0.15, 0.2) is 6.10 Å². The highest BCUT2D eigenvalue weighted by Gasteiger charge is 2.56. The maximum Gasteiger partial charge on any atom is 0.338 e. The average molecular weight is 144 g/mol. The molecule has 3 nitrogen and oxygen atoms in total. The van der Waals surface area contributed by atoms with Crippen molar-refractivity contribution in [1.29, 1.82) is 0 Å². The predicted molar refractivity (Wildman–Crippen MR) is 35.6 cm³/mol. The van der Waals surface area contributed by atoms with Gasteiger partial charge in [-0.15, -0.1) is 0 Å². The number of hydrogen-bond donors (Lipinski definition) is 0. The van der Waals surface area contributed by atoms with Crippen molar-refractivity contribution in [3.63, 3.8) is 0 Å². The number of esters is 1. The fraction of sp³-hybridized carbons (Fsp3) is 0.857. The van der Waals surface area contributed by atoms with E-state index in [9.17, 15) is 4.79 Å². The number of carbonyl (C=O) groups is 1. The minimum absolute atomic E-state index is 0.243. The van der Waals surface area contributed by atoms with Crippen molar-refractivity contribution in [3.8, 4) is 0 Å². The molecule has 2 atom stereocenters. The van der Waals surface area contributed by atoms with Crippen molar-refractivity contribution in [2.24, 2.45) is 0 Å². The summed E-state index contributed by atoms with van der Waals surface area (Å²) in [5.74, 6) is -0.260. The van der Waals surface area contributed by atoms with Crippen LogP contribution in [0.15, 0.2) is 0 Å². The van der Waals surface area contributed by atoms with E-state index < -0.39 is 0 Å². The molecule has 0 saturated carbocycles. The molecule has 0 aromatic carbocycles. The highest BCUT2D eigenvalue weighted by molar-refractivity contribution is 5.79. The van der Waals surface area contributed by atoms with Crippen molar-refractivity contribution in [1.82, 2.24) is 0 Å². The molecule has 0 unspecified atom stereocenters. The van der Waals surface area contributed by atoms with E-state index in [0.29, 0.717) is 0 Å². The Bertz CT molecular complexity index is 155. The van der Waals surface area contributed by atoms with Crippen molar-refractivity contribution >= 4 is 5.97 Å². The Morgan fingerprint density at radius 1 is 1.80 bits per heavy atom. The number of hydrogen-bond acceptors (Lipinski definition) is 3. The zero-order valence-corrected chi connectivity index (χ0v) is 6.51. The van der Waals surface area contributed by atoms with Crippen LogP contribution in [-0.4, -0.2) is 24.8 Å². The SMILES string of the molecule is CC[C@@]1(C)O[C@@H]1C(=O)OC. The van der Waals surface area contributed by atoms with Crippen LogP contribution in [0.2, 0.25) is 0 Å². The predicted octanol–water partition coefficient (Wildman–Crippen LogP) is 0.727. The summed E-state index contributed by atoms with van der Waals surface area (Å²) in [6.07, 6.45) is 0.537. The van der Waals surface area contributed by atoms with E-state index in [2.05, 4.69) is 4.74 Å². The highest BCUT2D eigenvalue weighted by Crippen LogP contribution is 2.39. The molecule has 0 N–H and O–H groups in total. The van der Waals surface area contributed by atoms with Crippen molar-refractivity contribution in [2.75, 3.05) is 7.11 Å². The number of carbonyl (C=O) groups excluding carboxylic acids is 1. The van der Waals surface area contributed by atoms with Gasteiger partial charge in [0.1, 0.15) is 5.60 Å².